The van der Waals surface area contributed by atoms with Crippen LogP contribution >= 0.6 is 11.8 Å². The number of rotatable bonds is 5. The molecule has 0 fully saturated rings. The molecule has 2 aliphatic heterocycles. The third-order valence-corrected chi connectivity index (χ3v) is 8.11. The van der Waals surface area contributed by atoms with E-state index in [-0.39, 0.29) is 5.41 Å². The maximum Gasteiger partial charge on any atom is 0.209 e. The SMILES string of the molecule is CC/C(=C/C=C1C=C(c2ccccc2)SC(c2ccccc2)=C1)C1=[N+](C)c2ccccc2C1(C)C. The van der Waals surface area contributed by atoms with E-state index in [9.17, 15) is 0 Å². The maximum atomic E-state index is 2.39. The fraction of sp³-hybridized carbons (Fsp3) is 0.182. The maximum absolute atomic E-state index is 2.39. The molecule has 0 saturated heterocycles. The minimum absolute atomic E-state index is 0.0236. The van der Waals surface area contributed by atoms with Crippen LogP contribution in [0.15, 0.2) is 120 Å². The van der Waals surface area contributed by atoms with Gasteiger partial charge in [0.25, 0.3) is 0 Å². The minimum atomic E-state index is -0.0236. The molecule has 2 heteroatoms. The Balaban J connectivity index is 1.58. The monoisotopic (exact) mass is 474 g/mol. The molecular formula is C33H32NS+. The lowest BCUT2D eigenvalue weighted by Crippen LogP contribution is -2.30. The summed E-state index contributed by atoms with van der Waals surface area (Å²) >= 11 is 1.85. The first-order valence-electron chi connectivity index (χ1n) is 12.3. The van der Waals surface area contributed by atoms with E-state index in [1.54, 1.807) is 0 Å². The Hall–Kier alpha value is -3.36. The number of para-hydroxylation sites is 1. The number of hydrogen-bond donors (Lipinski definition) is 0. The van der Waals surface area contributed by atoms with Crippen LogP contribution in [0.3, 0.4) is 0 Å². The van der Waals surface area contributed by atoms with Crippen LogP contribution in [0.4, 0.5) is 5.69 Å². The van der Waals surface area contributed by atoms with E-state index >= 15 is 0 Å². The molecule has 0 saturated carbocycles. The highest BCUT2D eigenvalue weighted by molar-refractivity contribution is 8.16. The lowest BCUT2D eigenvalue weighted by atomic mass is 9.78. The highest BCUT2D eigenvalue weighted by atomic mass is 32.2. The first-order valence-corrected chi connectivity index (χ1v) is 13.1. The third kappa shape index (κ3) is 4.51. The van der Waals surface area contributed by atoms with Gasteiger partial charge in [0.15, 0.2) is 5.71 Å². The predicted octanol–water partition coefficient (Wildman–Crippen LogP) is 8.78. The molecule has 5 rings (SSSR count). The molecule has 0 spiro atoms. The van der Waals surface area contributed by atoms with E-state index in [4.69, 9.17) is 0 Å². The summed E-state index contributed by atoms with van der Waals surface area (Å²) in [7, 11) is 2.21. The molecule has 0 unspecified atom stereocenters. The van der Waals surface area contributed by atoms with Gasteiger partial charge >= 0.3 is 0 Å². The molecule has 3 aromatic carbocycles. The zero-order chi connectivity index (χ0) is 24.4. The highest BCUT2D eigenvalue weighted by Crippen LogP contribution is 2.44. The van der Waals surface area contributed by atoms with E-state index in [0.717, 1.165) is 6.42 Å². The number of allylic oxidation sites excluding steroid dienone is 6. The molecule has 0 radical (unpaired) electrons. The highest BCUT2D eigenvalue weighted by Gasteiger charge is 2.45. The molecule has 1 nitrogen and oxygen atoms in total. The summed E-state index contributed by atoms with van der Waals surface area (Å²) in [4.78, 5) is 2.56. The fourth-order valence-electron chi connectivity index (χ4n) is 5.25. The van der Waals surface area contributed by atoms with Crippen molar-refractivity contribution in [2.45, 2.75) is 32.6 Å². The van der Waals surface area contributed by atoms with Crippen molar-refractivity contribution in [1.29, 1.82) is 0 Å². The van der Waals surface area contributed by atoms with Gasteiger partial charge < -0.3 is 0 Å². The van der Waals surface area contributed by atoms with Gasteiger partial charge in [0.1, 0.15) is 7.05 Å². The number of nitrogens with zero attached hydrogens (tertiary/aromatic N) is 1. The average Bonchev–Trinajstić information content (AvgIpc) is 3.11. The summed E-state index contributed by atoms with van der Waals surface area (Å²) in [6, 6.07) is 30.2. The van der Waals surface area contributed by atoms with Crippen molar-refractivity contribution in [3.8, 4) is 0 Å². The topological polar surface area (TPSA) is 3.01 Å². The average molecular weight is 475 g/mol. The van der Waals surface area contributed by atoms with Crippen LogP contribution in [0.2, 0.25) is 0 Å². The second-order valence-corrected chi connectivity index (χ2v) is 10.7. The van der Waals surface area contributed by atoms with Crippen molar-refractivity contribution in [2.24, 2.45) is 0 Å². The van der Waals surface area contributed by atoms with Crippen LogP contribution < -0.4 is 0 Å². The summed E-state index contributed by atoms with van der Waals surface area (Å²) in [6.45, 7) is 6.95. The first kappa shape index (κ1) is 23.4. The Morgan fingerprint density at radius 3 is 1.89 bits per heavy atom. The van der Waals surface area contributed by atoms with E-state index < -0.39 is 0 Å². The van der Waals surface area contributed by atoms with Crippen molar-refractivity contribution in [2.75, 3.05) is 7.05 Å². The molecule has 0 bridgehead atoms. The van der Waals surface area contributed by atoms with Gasteiger partial charge in [0.05, 0.1) is 5.41 Å². The normalized spacial score (nSPS) is 17.1. The van der Waals surface area contributed by atoms with E-state index in [2.05, 4.69) is 142 Å². The van der Waals surface area contributed by atoms with Crippen LogP contribution in [0.5, 0.6) is 0 Å². The van der Waals surface area contributed by atoms with Crippen LogP contribution in [0.25, 0.3) is 9.81 Å². The predicted molar refractivity (Wildman–Crippen MR) is 153 cm³/mol. The molecule has 0 aliphatic carbocycles. The Labute approximate surface area is 213 Å². The molecule has 0 aromatic heterocycles. The van der Waals surface area contributed by atoms with Crippen molar-refractivity contribution in [3.63, 3.8) is 0 Å². The second-order valence-electron chi connectivity index (χ2n) is 9.61. The molecule has 174 valence electrons. The summed E-state index contributed by atoms with van der Waals surface area (Å²) in [5, 5.41) is 0. The third-order valence-electron chi connectivity index (χ3n) is 6.96. The van der Waals surface area contributed by atoms with Crippen LogP contribution in [-0.4, -0.2) is 17.3 Å². The van der Waals surface area contributed by atoms with Gasteiger partial charge in [0.2, 0.25) is 5.69 Å². The zero-order valence-corrected chi connectivity index (χ0v) is 21.8. The Morgan fingerprint density at radius 1 is 0.800 bits per heavy atom. The molecule has 2 aliphatic rings. The van der Waals surface area contributed by atoms with Crippen molar-refractivity contribution in [3.05, 3.63) is 137 Å². The molecule has 0 N–H and O–H groups in total. The van der Waals surface area contributed by atoms with E-state index in [1.165, 1.54) is 49.0 Å². The van der Waals surface area contributed by atoms with Crippen LogP contribution in [-0.2, 0) is 5.41 Å². The summed E-state index contributed by atoms with van der Waals surface area (Å²) in [6.07, 6.45) is 10.3. The number of thioether (sulfide) groups is 1. The van der Waals surface area contributed by atoms with Gasteiger partial charge in [-0.2, -0.15) is 4.58 Å². The molecule has 0 atom stereocenters. The quantitative estimate of drug-likeness (QED) is 0.334. The molecule has 35 heavy (non-hydrogen) atoms. The number of benzene rings is 3. The number of hydrogen-bond acceptors (Lipinski definition) is 1. The van der Waals surface area contributed by atoms with Gasteiger partial charge in [-0.3, -0.25) is 0 Å². The minimum Gasteiger partial charge on any atom is -0.198 e. The van der Waals surface area contributed by atoms with Gasteiger partial charge in [-0.25, -0.2) is 0 Å². The van der Waals surface area contributed by atoms with Gasteiger partial charge in [-0.15, -0.1) is 0 Å². The Morgan fingerprint density at radius 2 is 1.34 bits per heavy atom. The van der Waals surface area contributed by atoms with Crippen molar-refractivity contribution >= 4 is 33.0 Å². The van der Waals surface area contributed by atoms with E-state index in [1.807, 2.05) is 11.8 Å². The summed E-state index contributed by atoms with van der Waals surface area (Å²) < 4.78 is 2.39. The Bertz CT molecular complexity index is 1340. The molecular weight excluding hydrogens is 442 g/mol. The fourth-order valence-corrected chi connectivity index (χ4v) is 6.38. The molecule has 2 heterocycles. The largest absolute Gasteiger partial charge is 0.209 e. The van der Waals surface area contributed by atoms with Gasteiger partial charge in [0, 0.05) is 27.0 Å². The number of fused-ring (bicyclic) bond motifs is 1. The standard InChI is InChI=1S/C33H32NS/c1-5-25(32-33(2,3)28-18-12-13-19-29(28)34(32)4)21-20-24-22-30(26-14-8-6-9-15-26)35-31(23-24)27-16-10-7-11-17-27/h6-23H,5H2,1-4H3/q+1/b25-21-. The Kier molecular flexibility index (Phi) is 6.49. The van der Waals surface area contributed by atoms with Crippen molar-refractivity contribution in [1.82, 2.24) is 0 Å². The second kappa shape index (κ2) is 9.71. The first-order chi connectivity index (χ1) is 17.0. The zero-order valence-electron chi connectivity index (χ0n) is 21.0. The smallest absolute Gasteiger partial charge is 0.198 e. The molecule has 3 aromatic rings. The van der Waals surface area contributed by atoms with E-state index in [0.29, 0.717) is 0 Å². The van der Waals surface area contributed by atoms with Crippen LogP contribution in [0, 0.1) is 0 Å². The lowest BCUT2D eigenvalue weighted by molar-refractivity contribution is -0.402. The van der Waals surface area contributed by atoms with Gasteiger partial charge in [-0.05, 0) is 49.1 Å². The molecule has 0 amide bonds. The van der Waals surface area contributed by atoms with Gasteiger partial charge in [-0.1, -0.05) is 110 Å². The lowest BCUT2D eigenvalue weighted by Gasteiger charge is -2.19. The van der Waals surface area contributed by atoms with Crippen molar-refractivity contribution < 1.29 is 4.58 Å². The summed E-state index contributed by atoms with van der Waals surface area (Å²) in [5.74, 6) is 0. The van der Waals surface area contributed by atoms with Crippen LogP contribution in [0.1, 0.15) is 43.9 Å². The summed E-state index contributed by atoms with van der Waals surface area (Å²) in [5.41, 5.74) is 9.19.